The fourth-order valence-corrected chi connectivity index (χ4v) is 2.71. The Hall–Kier alpha value is -2.81. The molecule has 1 heterocycles. The molecule has 0 radical (unpaired) electrons. The van der Waals surface area contributed by atoms with E-state index in [0.29, 0.717) is 5.56 Å². The molecule has 0 aliphatic carbocycles. The minimum Gasteiger partial charge on any atom is -0.453 e. The summed E-state index contributed by atoms with van der Waals surface area (Å²) >= 11 is 0. The van der Waals surface area contributed by atoms with E-state index in [-0.39, 0.29) is 5.82 Å². The number of fused-ring (bicyclic) bond motifs is 2. The number of rotatable bonds is 1. The van der Waals surface area contributed by atoms with Crippen LogP contribution in [0.25, 0.3) is 11.1 Å². The van der Waals surface area contributed by atoms with Crippen LogP contribution in [-0.4, -0.2) is 0 Å². The summed E-state index contributed by atoms with van der Waals surface area (Å²) in [5, 5.41) is 3.42. The Balaban J connectivity index is 1.85. The molecule has 0 saturated carbocycles. The zero-order chi connectivity index (χ0) is 15.1. The standard InChI is InChI=1S/C19H14FNO/c1-12-11-13(9-10-15(12)20)14-5-4-8-18-19(14)21-16-6-2-3-7-17(16)22-18/h2-11,21H,1H3. The molecule has 1 aliphatic heterocycles. The Bertz CT molecular complexity index is 873. The number of hydrogen-bond donors (Lipinski definition) is 1. The average molecular weight is 291 g/mol. The van der Waals surface area contributed by atoms with Gasteiger partial charge in [0, 0.05) is 5.56 Å². The van der Waals surface area contributed by atoms with Crippen molar-refractivity contribution in [3.05, 3.63) is 72.0 Å². The van der Waals surface area contributed by atoms with Crippen LogP contribution in [0, 0.1) is 12.7 Å². The molecule has 0 atom stereocenters. The van der Waals surface area contributed by atoms with Gasteiger partial charge in [0.1, 0.15) is 5.82 Å². The van der Waals surface area contributed by atoms with Crippen LogP contribution in [0.2, 0.25) is 0 Å². The Kier molecular flexibility index (Phi) is 2.86. The van der Waals surface area contributed by atoms with Gasteiger partial charge < -0.3 is 10.1 Å². The van der Waals surface area contributed by atoms with Crippen molar-refractivity contribution in [2.75, 3.05) is 5.32 Å². The van der Waals surface area contributed by atoms with E-state index < -0.39 is 0 Å². The van der Waals surface area contributed by atoms with E-state index in [9.17, 15) is 4.39 Å². The predicted molar refractivity (Wildman–Crippen MR) is 86.4 cm³/mol. The molecule has 3 aromatic carbocycles. The lowest BCUT2D eigenvalue weighted by Gasteiger charge is -2.24. The van der Waals surface area contributed by atoms with Crippen LogP contribution in [0.1, 0.15) is 5.56 Å². The molecule has 1 N–H and O–H groups in total. The van der Waals surface area contributed by atoms with E-state index in [1.165, 1.54) is 6.07 Å². The minimum absolute atomic E-state index is 0.192. The second-order valence-corrected chi connectivity index (χ2v) is 5.37. The zero-order valence-electron chi connectivity index (χ0n) is 12.1. The molecular formula is C19H14FNO. The van der Waals surface area contributed by atoms with E-state index in [1.54, 1.807) is 13.0 Å². The highest BCUT2D eigenvalue weighted by molar-refractivity contribution is 5.88. The molecule has 0 bridgehead atoms. The third-order valence-electron chi connectivity index (χ3n) is 3.86. The number of nitrogens with one attached hydrogen (secondary N) is 1. The highest BCUT2D eigenvalue weighted by Gasteiger charge is 2.19. The van der Waals surface area contributed by atoms with Crippen molar-refractivity contribution in [3.8, 4) is 22.6 Å². The largest absolute Gasteiger partial charge is 0.453 e. The number of ether oxygens (including phenoxy) is 1. The molecule has 0 fully saturated rings. The Labute approximate surface area is 128 Å². The van der Waals surface area contributed by atoms with E-state index in [4.69, 9.17) is 4.74 Å². The maximum absolute atomic E-state index is 13.5. The smallest absolute Gasteiger partial charge is 0.151 e. The lowest BCUT2D eigenvalue weighted by atomic mass is 10.00. The summed E-state index contributed by atoms with van der Waals surface area (Å²) in [6.07, 6.45) is 0. The quantitative estimate of drug-likeness (QED) is 0.489. The fourth-order valence-electron chi connectivity index (χ4n) is 2.71. The van der Waals surface area contributed by atoms with Gasteiger partial charge in [-0.25, -0.2) is 4.39 Å². The molecular weight excluding hydrogens is 277 g/mol. The van der Waals surface area contributed by atoms with Crippen molar-refractivity contribution in [1.29, 1.82) is 0 Å². The summed E-state index contributed by atoms with van der Waals surface area (Å²) in [6.45, 7) is 1.77. The van der Waals surface area contributed by atoms with Crippen LogP contribution in [0.3, 0.4) is 0 Å². The van der Waals surface area contributed by atoms with Crippen LogP contribution < -0.4 is 10.1 Å². The molecule has 3 aromatic rings. The molecule has 2 nitrogen and oxygen atoms in total. The van der Waals surface area contributed by atoms with Gasteiger partial charge in [-0.05, 0) is 48.4 Å². The van der Waals surface area contributed by atoms with Gasteiger partial charge in [0.25, 0.3) is 0 Å². The maximum atomic E-state index is 13.5. The van der Waals surface area contributed by atoms with Crippen LogP contribution >= 0.6 is 0 Å². The molecule has 0 amide bonds. The number of hydrogen-bond acceptors (Lipinski definition) is 2. The first-order valence-corrected chi connectivity index (χ1v) is 7.16. The molecule has 0 spiro atoms. The number of aryl methyl sites for hydroxylation is 1. The lowest BCUT2D eigenvalue weighted by molar-refractivity contribution is 0.481. The second kappa shape index (κ2) is 4.88. The van der Waals surface area contributed by atoms with E-state index >= 15 is 0 Å². The molecule has 1 aliphatic rings. The lowest BCUT2D eigenvalue weighted by Crippen LogP contribution is -2.04. The van der Waals surface area contributed by atoms with Crippen LogP contribution in [-0.2, 0) is 0 Å². The average Bonchev–Trinajstić information content (AvgIpc) is 2.55. The highest BCUT2D eigenvalue weighted by atomic mass is 19.1. The molecule has 22 heavy (non-hydrogen) atoms. The second-order valence-electron chi connectivity index (χ2n) is 5.37. The van der Waals surface area contributed by atoms with Gasteiger partial charge in [0.2, 0.25) is 0 Å². The summed E-state index contributed by atoms with van der Waals surface area (Å²) in [5.74, 6) is 1.39. The van der Waals surface area contributed by atoms with Gasteiger partial charge >= 0.3 is 0 Å². The van der Waals surface area contributed by atoms with Gasteiger partial charge in [-0.3, -0.25) is 0 Å². The molecule has 3 heteroatoms. The summed E-state index contributed by atoms with van der Waals surface area (Å²) < 4.78 is 19.5. The van der Waals surface area contributed by atoms with Crippen molar-refractivity contribution < 1.29 is 9.13 Å². The summed E-state index contributed by atoms with van der Waals surface area (Å²) in [7, 11) is 0. The van der Waals surface area contributed by atoms with Crippen LogP contribution in [0.5, 0.6) is 11.5 Å². The van der Waals surface area contributed by atoms with Crippen LogP contribution in [0.4, 0.5) is 15.8 Å². The maximum Gasteiger partial charge on any atom is 0.151 e. The monoisotopic (exact) mass is 291 g/mol. The molecule has 0 aromatic heterocycles. The topological polar surface area (TPSA) is 21.3 Å². The third-order valence-corrected chi connectivity index (χ3v) is 3.86. The number of halogens is 1. The predicted octanol–water partition coefficient (Wildman–Crippen LogP) is 5.65. The Morgan fingerprint density at radius 1 is 0.909 bits per heavy atom. The van der Waals surface area contributed by atoms with Gasteiger partial charge in [0.15, 0.2) is 11.5 Å². The van der Waals surface area contributed by atoms with Crippen molar-refractivity contribution in [2.45, 2.75) is 6.92 Å². The summed E-state index contributed by atoms with van der Waals surface area (Å²) in [4.78, 5) is 0. The third kappa shape index (κ3) is 2.02. The summed E-state index contributed by atoms with van der Waals surface area (Å²) in [5.41, 5.74) is 4.43. The SMILES string of the molecule is Cc1cc(-c2cccc3c2Nc2ccccc2O3)ccc1F. The normalized spacial score (nSPS) is 11.9. The van der Waals surface area contributed by atoms with Gasteiger partial charge in [-0.1, -0.05) is 30.3 Å². The zero-order valence-corrected chi connectivity index (χ0v) is 12.1. The number of para-hydroxylation sites is 3. The van der Waals surface area contributed by atoms with Gasteiger partial charge in [0.05, 0.1) is 11.4 Å². The first-order valence-electron chi connectivity index (χ1n) is 7.16. The van der Waals surface area contributed by atoms with E-state index in [1.807, 2.05) is 48.5 Å². The molecule has 4 rings (SSSR count). The number of anilines is 2. The van der Waals surface area contributed by atoms with Crippen molar-refractivity contribution in [1.82, 2.24) is 0 Å². The van der Waals surface area contributed by atoms with E-state index in [0.717, 1.165) is 34.0 Å². The van der Waals surface area contributed by atoms with E-state index in [2.05, 4.69) is 5.32 Å². The van der Waals surface area contributed by atoms with Crippen molar-refractivity contribution in [2.24, 2.45) is 0 Å². The fraction of sp³-hybridized carbons (Fsp3) is 0.0526. The van der Waals surface area contributed by atoms with Crippen molar-refractivity contribution >= 4 is 11.4 Å². The first-order chi connectivity index (χ1) is 10.7. The van der Waals surface area contributed by atoms with Gasteiger partial charge in [-0.15, -0.1) is 0 Å². The molecule has 0 saturated heterocycles. The first kappa shape index (κ1) is 12.9. The Morgan fingerprint density at radius 3 is 2.59 bits per heavy atom. The van der Waals surface area contributed by atoms with Crippen LogP contribution in [0.15, 0.2) is 60.7 Å². The Morgan fingerprint density at radius 2 is 1.73 bits per heavy atom. The summed E-state index contributed by atoms with van der Waals surface area (Å²) in [6, 6.07) is 18.8. The molecule has 0 unspecified atom stereocenters. The minimum atomic E-state index is -0.192. The van der Waals surface area contributed by atoms with Gasteiger partial charge in [-0.2, -0.15) is 0 Å². The number of benzene rings is 3. The van der Waals surface area contributed by atoms with Crippen molar-refractivity contribution in [3.63, 3.8) is 0 Å². The highest BCUT2D eigenvalue weighted by Crippen LogP contribution is 2.46. The molecule has 108 valence electrons.